The number of para-hydroxylation sites is 1. The minimum absolute atomic E-state index is 0.00775. The number of fused-ring (bicyclic) bond motifs is 2. The second-order valence-corrected chi connectivity index (χ2v) is 6.90. The van der Waals surface area contributed by atoms with Crippen LogP contribution in [-0.4, -0.2) is 13.0 Å². The van der Waals surface area contributed by atoms with Gasteiger partial charge in [-0.2, -0.15) is 0 Å². The van der Waals surface area contributed by atoms with Gasteiger partial charge in [-0.25, -0.2) is 0 Å². The van der Waals surface area contributed by atoms with E-state index < -0.39 is 5.60 Å². The van der Waals surface area contributed by atoms with Crippen molar-refractivity contribution in [3.63, 3.8) is 0 Å². The summed E-state index contributed by atoms with van der Waals surface area (Å²) in [6.07, 6.45) is -0.266. The van der Waals surface area contributed by atoms with Crippen LogP contribution < -0.4 is 9.64 Å². The molecule has 134 valence electrons. The minimum Gasteiger partial charge on any atom is -0.497 e. The van der Waals surface area contributed by atoms with Crippen molar-refractivity contribution in [3.05, 3.63) is 95.6 Å². The van der Waals surface area contributed by atoms with E-state index in [2.05, 4.69) is 0 Å². The highest BCUT2D eigenvalue weighted by Gasteiger charge is 2.69. The zero-order valence-electron chi connectivity index (χ0n) is 15.0. The van der Waals surface area contributed by atoms with Gasteiger partial charge in [0, 0.05) is 5.56 Å². The number of benzene rings is 3. The van der Waals surface area contributed by atoms with Gasteiger partial charge in [-0.3, -0.25) is 4.79 Å². The number of hydrogen-bond acceptors (Lipinski definition) is 3. The molecule has 1 spiro atoms. The molecule has 1 saturated heterocycles. The first kappa shape index (κ1) is 16.1. The quantitative estimate of drug-likeness (QED) is 0.657. The third-order valence-electron chi connectivity index (χ3n) is 5.38. The monoisotopic (exact) mass is 357 g/mol. The number of methoxy groups -OCH3 is 1. The van der Waals surface area contributed by atoms with Crippen molar-refractivity contribution in [1.82, 2.24) is 0 Å². The lowest BCUT2D eigenvalue weighted by Gasteiger charge is -2.17. The van der Waals surface area contributed by atoms with E-state index in [-0.39, 0.29) is 12.0 Å². The van der Waals surface area contributed by atoms with Crippen LogP contribution in [0.4, 0.5) is 5.69 Å². The lowest BCUT2D eigenvalue weighted by molar-refractivity contribution is -0.123. The molecular formula is C23H19NO3. The lowest BCUT2D eigenvalue weighted by atomic mass is 9.93. The zero-order chi connectivity index (χ0) is 18.4. The molecule has 0 unspecified atom stereocenters. The van der Waals surface area contributed by atoms with E-state index in [0.29, 0.717) is 6.54 Å². The summed E-state index contributed by atoms with van der Waals surface area (Å²) in [5.74, 6) is 0.797. The van der Waals surface area contributed by atoms with Gasteiger partial charge in [-0.1, -0.05) is 60.7 Å². The number of amides is 1. The highest BCUT2D eigenvalue weighted by Crippen LogP contribution is 2.63. The van der Waals surface area contributed by atoms with Gasteiger partial charge >= 0.3 is 0 Å². The highest BCUT2D eigenvalue weighted by atomic mass is 16.6. The Labute approximate surface area is 158 Å². The molecule has 3 aromatic carbocycles. The third kappa shape index (κ3) is 2.37. The van der Waals surface area contributed by atoms with Crippen LogP contribution >= 0.6 is 0 Å². The number of carbonyl (C=O) groups is 1. The molecule has 2 aliphatic rings. The Morgan fingerprint density at radius 3 is 2.41 bits per heavy atom. The van der Waals surface area contributed by atoms with Crippen molar-refractivity contribution in [2.24, 2.45) is 0 Å². The molecule has 4 heteroatoms. The molecule has 4 nitrogen and oxygen atoms in total. The summed E-state index contributed by atoms with van der Waals surface area (Å²) in [6, 6.07) is 25.7. The Morgan fingerprint density at radius 2 is 1.67 bits per heavy atom. The summed E-state index contributed by atoms with van der Waals surface area (Å²) >= 11 is 0. The summed E-state index contributed by atoms with van der Waals surface area (Å²) in [7, 11) is 1.64. The second kappa shape index (κ2) is 5.96. The van der Waals surface area contributed by atoms with Crippen molar-refractivity contribution in [2.45, 2.75) is 18.2 Å². The molecule has 0 aromatic heterocycles. The predicted octanol–water partition coefficient (Wildman–Crippen LogP) is 4.21. The molecule has 1 amide bonds. The van der Waals surface area contributed by atoms with Crippen LogP contribution in [0.3, 0.4) is 0 Å². The molecule has 2 atom stereocenters. The van der Waals surface area contributed by atoms with E-state index in [1.165, 1.54) is 0 Å². The van der Waals surface area contributed by atoms with Gasteiger partial charge in [-0.15, -0.1) is 0 Å². The molecule has 0 radical (unpaired) electrons. The molecule has 0 saturated carbocycles. The molecular weight excluding hydrogens is 338 g/mol. The fourth-order valence-corrected chi connectivity index (χ4v) is 3.97. The van der Waals surface area contributed by atoms with Crippen LogP contribution in [0.2, 0.25) is 0 Å². The van der Waals surface area contributed by atoms with Gasteiger partial charge in [-0.05, 0) is 29.3 Å². The average Bonchev–Trinajstić information content (AvgIpc) is 3.44. The first-order valence-electron chi connectivity index (χ1n) is 9.01. The van der Waals surface area contributed by atoms with Crippen LogP contribution in [0.25, 0.3) is 0 Å². The predicted molar refractivity (Wildman–Crippen MR) is 103 cm³/mol. The summed E-state index contributed by atoms with van der Waals surface area (Å²) in [5, 5.41) is 0. The zero-order valence-corrected chi connectivity index (χ0v) is 15.0. The van der Waals surface area contributed by atoms with E-state index in [0.717, 1.165) is 28.1 Å². The molecule has 27 heavy (non-hydrogen) atoms. The average molecular weight is 357 g/mol. The van der Waals surface area contributed by atoms with E-state index in [9.17, 15) is 4.79 Å². The van der Waals surface area contributed by atoms with E-state index in [1.807, 2.05) is 83.8 Å². The minimum atomic E-state index is -0.903. The van der Waals surface area contributed by atoms with Gasteiger partial charge < -0.3 is 14.4 Å². The van der Waals surface area contributed by atoms with Gasteiger partial charge in [0.25, 0.3) is 5.91 Å². The third-order valence-corrected chi connectivity index (χ3v) is 5.38. The Bertz CT molecular complexity index is 1000. The van der Waals surface area contributed by atoms with Crippen molar-refractivity contribution < 1.29 is 14.3 Å². The van der Waals surface area contributed by atoms with Crippen LogP contribution in [0.5, 0.6) is 5.75 Å². The van der Waals surface area contributed by atoms with E-state index in [4.69, 9.17) is 9.47 Å². The number of ether oxygens (including phenoxy) is 2. The molecule has 3 aromatic rings. The van der Waals surface area contributed by atoms with Crippen molar-refractivity contribution >= 4 is 11.6 Å². The molecule has 0 aliphatic carbocycles. The number of nitrogens with zero attached hydrogens (tertiary/aromatic N) is 1. The second-order valence-electron chi connectivity index (χ2n) is 6.90. The number of epoxide rings is 1. The van der Waals surface area contributed by atoms with Crippen LogP contribution in [0.15, 0.2) is 78.9 Å². The fourth-order valence-electron chi connectivity index (χ4n) is 3.97. The first-order valence-corrected chi connectivity index (χ1v) is 9.01. The standard InChI is InChI=1S/C23H19NO3/c1-26-18-13-11-17(12-14-18)21-23(27-21)19-9-5-6-10-20(19)24(22(23)25)15-16-7-3-2-4-8-16/h2-14,21H,15H2,1H3/t21-,23-/m0/s1. The molecule has 0 bridgehead atoms. The van der Waals surface area contributed by atoms with Gasteiger partial charge in [0.2, 0.25) is 5.60 Å². The van der Waals surface area contributed by atoms with E-state index in [1.54, 1.807) is 7.11 Å². The number of anilines is 1. The first-order chi connectivity index (χ1) is 13.2. The summed E-state index contributed by atoms with van der Waals surface area (Å²) in [4.78, 5) is 15.3. The maximum atomic E-state index is 13.4. The van der Waals surface area contributed by atoms with Crippen molar-refractivity contribution in [1.29, 1.82) is 0 Å². The smallest absolute Gasteiger partial charge is 0.267 e. The van der Waals surface area contributed by atoms with Crippen LogP contribution in [0.1, 0.15) is 22.8 Å². The Kier molecular flexibility index (Phi) is 3.55. The van der Waals surface area contributed by atoms with Crippen LogP contribution in [0, 0.1) is 0 Å². The maximum absolute atomic E-state index is 13.4. The SMILES string of the molecule is COc1ccc([C@@H]2O[C@]23C(=O)N(Cc2ccccc2)c2ccccc23)cc1. The number of hydrogen-bond donors (Lipinski definition) is 0. The lowest BCUT2D eigenvalue weighted by Crippen LogP contribution is -2.32. The number of carbonyl (C=O) groups excluding carboxylic acids is 1. The normalized spacial score (nSPS) is 22.8. The summed E-state index contributed by atoms with van der Waals surface area (Å²) in [6.45, 7) is 0.539. The summed E-state index contributed by atoms with van der Waals surface area (Å²) < 4.78 is 11.3. The molecule has 1 fully saturated rings. The Morgan fingerprint density at radius 1 is 0.963 bits per heavy atom. The molecule has 2 aliphatic heterocycles. The summed E-state index contributed by atoms with van der Waals surface area (Å²) in [5.41, 5.74) is 3.06. The maximum Gasteiger partial charge on any atom is 0.267 e. The van der Waals surface area contributed by atoms with Crippen LogP contribution in [-0.2, 0) is 21.7 Å². The van der Waals surface area contributed by atoms with Gasteiger partial charge in [0.15, 0.2) is 0 Å². The fraction of sp³-hybridized carbons (Fsp3) is 0.174. The Hall–Kier alpha value is -3.11. The molecule has 5 rings (SSSR count). The van der Waals surface area contributed by atoms with Gasteiger partial charge in [0.05, 0.1) is 19.3 Å². The largest absolute Gasteiger partial charge is 0.497 e. The highest BCUT2D eigenvalue weighted by molar-refractivity contribution is 6.09. The number of rotatable bonds is 4. The van der Waals surface area contributed by atoms with Gasteiger partial charge in [0.1, 0.15) is 11.9 Å². The van der Waals surface area contributed by atoms with Crippen molar-refractivity contribution in [3.8, 4) is 5.75 Å². The Balaban J connectivity index is 1.52. The topological polar surface area (TPSA) is 42.1 Å². The molecule has 0 N–H and O–H groups in total. The van der Waals surface area contributed by atoms with E-state index >= 15 is 0 Å². The molecule has 2 heterocycles. The van der Waals surface area contributed by atoms with Crippen molar-refractivity contribution in [2.75, 3.05) is 12.0 Å².